The van der Waals surface area contributed by atoms with Gasteiger partial charge in [0, 0.05) is 18.8 Å². The minimum atomic E-state index is -6.55. The summed E-state index contributed by atoms with van der Waals surface area (Å²) in [6.45, 7) is -1.18. The lowest BCUT2D eigenvalue weighted by atomic mass is 10.1. The summed E-state index contributed by atoms with van der Waals surface area (Å²) in [5.41, 5.74) is -11.0. The highest BCUT2D eigenvalue weighted by atomic mass is 32.2. The summed E-state index contributed by atoms with van der Waals surface area (Å²) < 4.78 is 231. The first-order valence-corrected chi connectivity index (χ1v) is 17.2. The first kappa shape index (κ1) is 45.9. The zero-order chi connectivity index (χ0) is 39.9. The molecular formula is C25H30F12N2O10S2. The van der Waals surface area contributed by atoms with E-state index in [1.54, 1.807) is 0 Å². The molecule has 1 rings (SSSR count). The highest BCUT2D eigenvalue weighted by Crippen LogP contribution is 2.48. The van der Waals surface area contributed by atoms with Crippen molar-refractivity contribution in [1.82, 2.24) is 4.90 Å². The number of benzene rings is 1. The van der Waals surface area contributed by atoms with Crippen LogP contribution in [-0.4, -0.2) is 123 Å². The summed E-state index contributed by atoms with van der Waals surface area (Å²) in [6.07, 6.45) is -27.4. The van der Waals surface area contributed by atoms with Crippen molar-refractivity contribution in [2.45, 2.75) is 62.1 Å². The lowest BCUT2D eigenvalue weighted by molar-refractivity contribution is -0.361. The summed E-state index contributed by atoms with van der Waals surface area (Å²) in [6, 6.07) is 7.19. The van der Waals surface area contributed by atoms with Crippen LogP contribution < -0.4 is 4.90 Å². The third kappa shape index (κ3) is 13.1. The number of anilines is 1. The smallest absolute Gasteiger partial charge is 0.438 e. The molecule has 0 spiro atoms. The summed E-state index contributed by atoms with van der Waals surface area (Å²) in [5.74, 6) is -10.5. The van der Waals surface area contributed by atoms with E-state index in [1.165, 1.54) is 42.2 Å². The molecule has 26 heteroatoms. The number of esters is 2. The Kier molecular flexibility index (Phi) is 15.0. The average molecular weight is 811 g/mol. The number of carbonyl (C=O) groups is 2. The van der Waals surface area contributed by atoms with Gasteiger partial charge in [0.25, 0.3) is 20.2 Å². The molecule has 0 aliphatic carbocycles. The maximum absolute atomic E-state index is 13.5. The number of hydrogen-bond acceptors (Lipinski definition) is 10. The summed E-state index contributed by atoms with van der Waals surface area (Å²) in [7, 11) is -12.0. The normalized spacial score (nSPS) is 14.0. The molecule has 0 saturated heterocycles. The van der Waals surface area contributed by atoms with E-state index < -0.39 is 99.1 Å². The predicted octanol–water partition coefficient (Wildman–Crippen LogP) is 4.57. The van der Waals surface area contributed by atoms with Crippen LogP contribution in [0.1, 0.15) is 26.2 Å². The van der Waals surface area contributed by atoms with Gasteiger partial charge >= 0.3 is 47.8 Å². The van der Waals surface area contributed by atoms with Crippen LogP contribution in [0, 0.1) is 0 Å². The lowest BCUT2D eigenvalue weighted by Crippen LogP contribution is -2.64. The molecule has 0 bridgehead atoms. The number of halogens is 12. The fourth-order valence-corrected chi connectivity index (χ4v) is 6.13. The van der Waals surface area contributed by atoms with E-state index in [0.717, 1.165) is 4.90 Å². The van der Waals surface area contributed by atoms with Crippen LogP contribution in [0.5, 0.6) is 0 Å². The van der Waals surface area contributed by atoms with Crippen molar-refractivity contribution < 1.29 is 97.7 Å². The molecule has 0 saturated carbocycles. The summed E-state index contributed by atoms with van der Waals surface area (Å²) in [4.78, 5) is 26.7. The standard InChI is InChI=1S/C25H30F12N2O10S2/c1-2-38(14-19(41)49-21(24(32,33)34,25(35,36)37)16-51(45,46)47)11-6-7-12-39(17-8-4-3-5-9-17)13-10-18(40)48-20(22(26,27)28,23(29,30)31)15-50(42,43)44/h3-5,8-9H,2,6-7,10-16H2,1H3,(H,42,43,44)(H,45,46,47). The predicted molar refractivity (Wildman–Crippen MR) is 149 cm³/mol. The maximum atomic E-state index is 13.5. The topological polar surface area (TPSA) is 168 Å². The van der Waals surface area contributed by atoms with Gasteiger partial charge in [0.05, 0.1) is 13.0 Å². The number of hydrogen-bond donors (Lipinski definition) is 2. The third-order valence-corrected chi connectivity index (χ3v) is 8.38. The van der Waals surface area contributed by atoms with Gasteiger partial charge in [-0.2, -0.15) is 69.5 Å². The molecule has 0 unspecified atom stereocenters. The number of carbonyl (C=O) groups excluding carboxylic acids is 2. The second-order valence-electron chi connectivity index (χ2n) is 10.7. The van der Waals surface area contributed by atoms with Crippen molar-refractivity contribution in [3.63, 3.8) is 0 Å². The molecule has 1 aromatic carbocycles. The molecule has 0 amide bonds. The monoisotopic (exact) mass is 810 g/mol. The Balaban J connectivity index is 3.06. The first-order valence-electron chi connectivity index (χ1n) is 13.9. The van der Waals surface area contributed by atoms with Gasteiger partial charge in [-0.1, -0.05) is 25.1 Å². The SMILES string of the molecule is CCN(CCCCN(CCC(=O)OC(CS(=O)(=O)O)(C(F)(F)F)C(F)(F)F)c1ccccc1)CC(=O)OC(CS(=O)(=O)O)(C(F)(F)F)C(F)(F)F. The van der Waals surface area contributed by atoms with Gasteiger partial charge in [-0.15, -0.1) is 0 Å². The summed E-state index contributed by atoms with van der Waals surface area (Å²) >= 11 is 0. The van der Waals surface area contributed by atoms with Crippen molar-refractivity contribution >= 4 is 37.9 Å². The van der Waals surface area contributed by atoms with E-state index in [1.807, 2.05) is 0 Å². The molecule has 296 valence electrons. The molecular weight excluding hydrogens is 780 g/mol. The number of rotatable bonds is 18. The number of ether oxygens (including phenoxy) is 2. The molecule has 0 aliphatic rings. The molecule has 0 radical (unpaired) electrons. The number of likely N-dealkylation sites (N-methyl/N-ethyl adjacent to an activating group) is 1. The quantitative estimate of drug-likeness (QED) is 0.0919. The fourth-order valence-electron chi connectivity index (χ4n) is 4.33. The average Bonchev–Trinajstić information content (AvgIpc) is 2.92. The van der Waals surface area contributed by atoms with Crippen LogP contribution in [0.3, 0.4) is 0 Å². The molecule has 0 fully saturated rings. The molecule has 0 aromatic heterocycles. The lowest BCUT2D eigenvalue weighted by Gasteiger charge is -2.36. The minimum Gasteiger partial charge on any atom is -0.438 e. The Labute approximate surface area is 282 Å². The molecule has 12 nitrogen and oxygen atoms in total. The van der Waals surface area contributed by atoms with Gasteiger partial charge in [-0.05, 0) is 38.1 Å². The zero-order valence-corrected chi connectivity index (χ0v) is 27.5. The molecule has 1 aromatic rings. The molecule has 51 heavy (non-hydrogen) atoms. The van der Waals surface area contributed by atoms with Crippen LogP contribution in [0.4, 0.5) is 58.4 Å². The second kappa shape index (κ2) is 16.7. The zero-order valence-electron chi connectivity index (χ0n) is 25.9. The molecule has 0 atom stereocenters. The van der Waals surface area contributed by atoms with Gasteiger partial charge in [0.2, 0.25) is 0 Å². The van der Waals surface area contributed by atoms with Gasteiger partial charge in [-0.3, -0.25) is 23.6 Å². The molecule has 0 heterocycles. The summed E-state index contributed by atoms with van der Waals surface area (Å²) in [5, 5.41) is 0. The Hall–Kier alpha value is -3.10. The minimum absolute atomic E-state index is 0.00885. The van der Waals surface area contributed by atoms with Gasteiger partial charge in [-0.25, -0.2) is 0 Å². The van der Waals surface area contributed by atoms with Crippen molar-refractivity contribution in [2.75, 3.05) is 49.1 Å². The second-order valence-corrected chi connectivity index (χ2v) is 13.6. The van der Waals surface area contributed by atoms with Crippen molar-refractivity contribution in [3.8, 4) is 0 Å². The maximum Gasteiger partial charge on any atom is 0.438 e. The highest BCUT2D eigenvalue weighted by molar-refractivity contribution is 7.86. The van der Waals surface area contributed by atoms with Gasteiger partial charge < -0.3 is 14.4 Å². The van der Waals surface area contributed by atoms with E-state index >= 15 is 0 Å². The number of unbranched alkanes of at least 4 members (excludes halogenated alkanes) is 1. The largest absolute Gasteiger partial charge is 0.438 e. The van der Waals surface area contributed by atoms with E-state index in [9.17, 15) is 79.1 Å². The number of para-hydroxylation sites is 1. The van der Waals surface area contributed by atoms with E-state index in [-0.39, 0.29) is 38.2 Å². The molecule has 2 N–H and O–H groups in total. The first-order chi connectivity index (χ1) is 22.8. The number of nitrogens with zero attached hydrogens (tertiary/aromatic N) is 2. The highest BCUT2D eigenvalue weighted by Gasteiger charge is 2.77. The Bertz CT molecular complexity index is 1500. The van der Waals surface area contributed by atoms with Crippen molar-refractivity contribution in [3.05, 3.63) is 30.3 Å². The van der Waals surface area contributed by atoms with E-state index in [4.69, 9.17) is 9.11 Å². The van der Waals surface area contributed by atoms with Crippen LogP contribution >= 0.6 is 0 Å². The van der Waals surface area contributed by atoms with Gasteiger partial charge in [0.1, 0.15) is 11.5 Å². The van der Waals surface area contributed by atoms with Crippen LogP contribution in [-0.2, 0) is 39.3 Å². The fraction of sp³-hybridized carbons (Fsp3) is 0.680. The Morgan fingerprint density at radius 3 is 1.41 bits per heavy atom. The van der Waals surface area contributed by atoms with E-state index in [2.05, 4.69) is 9.47 Å². The van der Waals surface area contributed by atoms with Crippen LogP contribution in [0.15, 0.2) is 30.3 Å². The third-order valence-electron chi connectivity index (χ3n) is 6.84. The Morgan fingerprint density at radius 1 is 0.647 bits per heavy atom. The van der Waals surface area contributed by atoms with Crippen LogP contribution in [0.2, 0.25) is 0 Å². The van der Waals surface area contributed by atoms with Crippen molar-refractivity contribution in [2.24, 2.45) is 0 Å². The van der Waals surface area contributed by atoms with Crippen molar-refractivity contribution in [1.29, 1.82) is 0 Å². The van der Waals surface area contributed by atoms with Gasteiger partial charge in [0.15, 0.2) is 0 Å². The molecule has 0 aliphatic heterocycles. The number of alkyl halides is 12. The Morgan fingerprint density at radius 2 is 1.04 bits per heavy atom. The van der Waals surface area contributed by atoms with Crippen LogP contribution in [0.25, 0.3) is 0 Å². The van der Waals surface area contributed by atoms with E-state index in [0.29, 0.717) is 0 Å².